The fraction of sp³-hybridized carbons (Fsp3) is 0.353. The Balaban J connectivity index is 1.53. The molecule has 0 atom stereocenters. The molecule has 0 unspecified atom stereocenters. The average Bonchev–Trinajstić information content (AvgIpc) is 3.00. The summed E-state index contributed by atoms with van der Waals surface area (Å²) in [5, 5.41) is 5.72. The van der Waals surface area contributed by atoms with Gasteiger partial charge in [-0.05, 0) is 38.8 Å². The van der Waals surface area contributed by atoms with Crippen LogP contribution in [0.2, 0.25) is 0 Å². The van der Waals surface area contributed by atoms with Gasteiger partial charge in [0.25, 0.3) is 0 Å². The molecule has 21 heavy (non-hydrogen) atoms. The number of aromatic nitrogens is 2. The second-order valence-electron chi connectivity index (χ2n) is 5.40. The standard InChI is InChI=1S/C17H21N3S/c1-13-12-21-17-19-14(2)16(20(13)17)11-18-10-6-9-15-7-4-3-5-8-15/h3-5,7-8,12,18H,6,9-11H2,1-2H3. The molecule has 0 aliphatic carbocycles. The lowest BCUT2D eigenvalue weighted by Gasteiger charge is -2.06. The van der Waals surface area contributed by atoms with E-state index in [1.54, 1.807) is 11.3 Å². The molecule has 0 aliphatic heterocycles. The Morgan fingerprint density at radius 1 is 1.19 bits per heavy atom. The minimum atomic E-state index is 0.888. The van der Waals surface area contributed by atoms with E-state index < -0.39 is 0 Å². The summed E-state index contributed by atoms with van der Waals surface area (Å²) in [5.74, 6) is 0. The van der Waals surface area contributed by atoms with E-state index in [9.17, 15) is 0 Å². The summed E-state index contributed by atoms with van der Waals surface area (Å²) >= 11 is 1.71. The highest BCUT2D eigenvalue weighted by Gasteiger charge is 2.11. The van der Waals surface area contributed by atoms with Crippen molar-refractivity contribution in [2.75, 3.05) is 6.54 Å². The third-order valence-corrected chi connectivity index (χ3v) is 4.73. The van der Waals surface area contributed by atoms with Gasteiger partial charge in [-0.3, -0.25) is 4.40 Å². The molecule has 3 nitrogen and oxygen atoms in total. The van der Waals surface area contributed by atoms with Crippen molar-refractivity contribution in [2.45, 2.75) is 33.2 Å². The van der Waals surface area contributed by atoms with Crippen LogP contribution in [-0.2, 0) is 13.0 Å². The quantitative estimate of drug-likeness (QED) is 0.703. The normalized spacial score (nSPS) is 11.3. The monoisotopic (exact) mass is 299 g/mol. The summed E-state index contributed by atoms with van der Waals surface area (Å²) < 4.78 is 2.27. The lowest BCUT2D eigenvalue weighted by atomic mass is 10.1. The topological polar surface area (TPSA) is 29.3 Å². The second kappa shape index (κ2) is 6.41. The maximum absolute atomic E-state index is 4.62. The molecule has 2 heterocycles. The Kier molecular flexibility index (Phi) is 4.36. The van der Waals surface area contributed by atoms with Crippen LogP contribution in [0.3, 0.4) is 0 Å². The van der Waals surface area contributed by atoms with Gasteiger partial charge >= 0.3 is 0 Å². The smallest absolute Gasteiger partial charge is 0.194 e. The molecule has 1 N–H and O–H groups in total. The molecular formula is C17H21N3S. The Morgan fingerprint density at radius 2 is 2.00 bits per heavy atom. The number of rotatable bonds is 6. The number of nitrogens with zero attached hydrogens (tertiary/aromatic N) is 2. The van der Waals surface area contributed by atoms with Crippen LogP contribution in [0.1, 0.15) is 29.1 Å². The SMILES string of the molecule is Cc1nc2scc(C)n2c1CNCCCc1ccccc1. The van der Waals surface area contributed by atoms with Crippen LogP contribution >= 0.6 is 11.3 Å². The van der Waals surface area contributed by atoms with Crippen molar-refractivity contribution in [3.05, 3.63) is 58.4 Å². The van der Waals surface area contributed by atoms with Crippen molar-refractivity contribution < 1.29 is 0 Å². The first-order valence-electron chi connectivity index (χ1n) is 7.42. The number of fused-ring (bicyclic) bond motifs is 1. The van der Waals surface area contributed by atoms with Gasteiger partial charge in [-0.2, -0.15) is 0 Å². The Labute approximate surface area is 129 Å². The number of hydrogen-bond donors (Lipinski definition) is 1. The fourth-order valence-electron chi connectivity index (χ4n) is 2.64. The minimum absolute atomic E-state index is 0.888. The number of thiazole rings is 1. The summed E-state index contributed by atoms with van der Waals surface area (Å²) in [5.41, 5.74) is 5.12. The van der Waals surface area contributed by atoms with Gasteiger partial charge in [0.15, 0.2) is 4.96 Å². The van der Waals surface area contributed by atoms with Crippen LogP contribution in [0.5, 0.6) is 0 Å². The summed E-state index contributed by atoms with van der Waals surface area (Å²) in [7, 11) is 0. The number of nitrogens with one attached hydrogen (secondary N) is 1. The predicted molar refractivity (Wildman–Crippen MR) is 89.0 cm³/mol. The first-order valence-corrected chi connectivity index (χ1v) is 8.30. The minimum Gasteiger partial charge on any atom is -0.311 e. The van der Waals surface area contributed by atoms with E-state index in [1.165, 1.54) is 17.0 Å². The summed E-state index contributed by atoms with van der Waals surface area (Å²) in [4.78, 5) is 5.72. The molecule has 0 bridgehead atoms. The van der Waals surface area contributed by atoms with E-state index in [1.807, 2.05) is 0 Å². The van der Waals surface area contributed by atoms with Gasteiger partial charge in [-0.15, -0.1) is 11.3 Å². The van der Waals surface area contributed by atoms with Crippen molar-refractivity contribution >= 4 is 16.3 Å². The zero-order valence-corrected chi connectivity index (χ0v) is 13.4. The van der Waals surface area contributed by atoms with E-state index >= 15 is 0 Å². The molecule has 0 amide bonds. The summed E-state index contributed by atoms with van der Waals surface area (Å²) in [6, 6.07) is 10.7. The molecule has 0 saturated carbocycles. The number of aryl methyl sites for hydroxylation is 3. The third-order valence-electron chi connectivity index (χ3n) is 3.78. The van der Waals surface area contributed by atoms with Crippen LogP contribution < -0.4 is 5.32 Å². The highest BCUT2D eigenvalue weighted by atomic mass is 32.1. The van der Waals surface area contributed by atoms with Crippen molar-refractivity contribution in [1.29, 1.82) is 0 Å². The van der Waals surface area contributed by atoms with Crippen molar-refractivity contribution in [3.63, 3.8) is 0 Å². The molecule has 110 valence electrons. The van der Waals surface area contributed by atoms with Crippen molar-refractivity contribution in [2.24, 2.45) is 0 Å². The van der Waals surface area contributed by atoms with Gasteiger partial charge in [0.1, 0.15) is 0 Å². The molecule has 0 saturated heterocycles. The summed E-state index contributed by atoms with van der Waals surface area (Å²) in [6.07, 6.45) is 2.29. The highest BCUT2D eigenvalue weighted by molar-refractivity contribution is 7.15. The molecule has 2 aromatic heterocycles. The molecule has 0 fully saturated rings. The average molecular weight is 299 g/mol. The van der Waals surface area contributed by atoms with Crippen molar-refractivity contribution in [1.82, 2.24) is 14.7 Å². The lowest BCUT2D eigenvalue weighted by molar-refractivity contribution is 0.635. The maximum Gasteiger partial charge on any atom is 0.194 e. The Morgan fingerprint density at radius 3 is 2.81 bits per heavy atom. The van der Waals surface area contributed by atoms with E-state index in [0.717, 1.165) is 36.6 Å². The van der Waals surface area contributed by atoms with Gasteiger partial charge in [0, 0.05) is 17.6 Å². The van der Waals surface area contributed by atoms with Gasteiger partial charge in [0.05, 0.1) is 11.4 Å². The third kappa shape index (κ3) is 3.17. The van der Waals surface area contributed by atoms with Crippen LogP contribution in [0.15, 0.2) is 35.7 Å². The van der Waals surface area contributed by atoms with Crippen LogP contribution in [0.4, 0.5) is 0 Å². The Hall–Kier alpha value is -1.65. The molecule has 3 aromatic rings. The van der Waals surface area contributed by atoms with E-state index in [0.29, 0.717) is 0 Å². The van der Waals surface area contributed by atoms with E-state index in [2.05, 4.69) is 64.3 Å². The number of imidazole rings is 1. The first kappa shape index (κ1) is 14.3. The molecular weight excluding hydrogens is 278 g/mol. The van der Waals surface area contributed by atoms with Crippen LogP contribution in [0, 0.1) is 13.8 Å². The van der Waals surface area contributed by atoms with Gasteiger partial charge < -0.3 is 5.32 Å². The molecule has 1 aromatic carbocycles. The molecule has 4 heteroatoms. The molecule has 0 aliphatic rings. The summed E-state index contributed by atoms with van der Waals surface area (Å²) in [6.45, 7) is 6.16. The number of benzene rings is 1. The second-order valence-corrected chi connectivity index (χ2v) is 6.24. The zero-order chi connectivity index (χ0) is 14.7. The first-order chi connectivity index (χ1) is 10.3. The van der Waals surface area contributed by atoms with Crippen molar-refractivity contribution in [3.8, 4) is 0 Å². The van der Waals surface area contributed by atoms with E-state index in [4.69, 9.17) is 0 Å². The lowest BCUT2D eigenvalue weighted by Crippen LogP contribution is -2.17. The van der Waals surface area contributed by atoms with Gasteiger partial charge in [-0.1, -0.05) is 30.3 Å². The highest BCUT2D eigenvalue weighted by Crippen LogP contribution is 2.20. The number of hydrogen-bond acceptors (Lipinski definition) is 3. The molecule has 3 rings (SSSR count). The van der Waals surface area contributed by atoms with E-state index in [-0.39, 0.29) is 0 Å². The predicted octanol–water partition coefficient (Wildman–Crippen LogP) is 3.74. The molecule has 0 spiro atoms. The van der Waals surface area contributed by atoms with Gasteiger partial charge in [-0.25, -0.2) is 4.98 Å². The fourth-order valence-corrected chi connectivity index (χ4v) is 3.58. The van der Waals surface area contributed by atoms with Crippen LogP contribution in [0.25, 0.3) is 4.96 Å². The largest absolute Gasteiger partial charge is 0.311 e. The zero-order valence-electron chi connectivity index (χ0n) is 12.6. The van der Waals surface area contributed by atoms with Gasteiger partial charge in [0.2, 0.25) is 0 Å². The van der Waals surface area contributed by atoms with Crippen LogP contribution in [-0.4, -0.2) is 15.9 Å². The molecule has 0 radical (unpaired) electrons. The Bertz CT molecular complexity index is 712. The maximum atomic E-state index is 4.62.